The Morgan fingerprint density at radius 3 is 2.05 bits per heavy atom. The van der Waals surface area contributed by atoms with E-state index in [-0.39, 0.29) is 17.4 Å². The van der Waals surface area contributed by atoms with E-state index in [9.17, 15) is 14.4 Å². The Kier molecular flexibility index (Phi) is 8.79. The molecule has 38 heavy (non-hydrogen) atoms. The minimum Gasteiger partial charge on any atom is -0.497 e. The summed E-state index contributed by atoms with van der Waals surface area (Å²) >= 11 is 1.36. The lowest BCUT2D eigenvalue weighted by Crippen LogP contribution is -2.20. The smallest absolute Gasteiger partial charge is 0.339 e. The van der Waals surface area contributed by atoms with Gasteiger partial charge in [-0.2, -0.15) is 0 Å². The van der Waals surface area contributed by atoms with E-state index in [0.717, 1.165) is 10.5 Å². The highest BCUT2D eigenvalue weighted by atomic mass is 32.2. The van der Waals surface area contributed by atoms with Gasteiger partial charge >= 0.3 is 5.97 Å². The zero-order valence-electron chi connectivity index (χ0n) is 20.8. The van der Waals surface area contributed by atoms with Crippen LogP contribution in [0.3, 0.4) is 0 Å². The first-order valence-corrected chi connectivity index (χ1v) is 12.6. The van der Waals surface area contributed by atoms with Gasteiger partial charge in [0.2, 0.25) is 5.91 Å². The molecule has 0 heterocycles. The molecule has 0 aromatic heterocycles. The summed E-state index contributed by atoms with van der Waals surface area (Å²) in [6.45, 7) is 0. The largest absolute Gasteiger partial charge is 0.497 e. The van der Waals surface area contributed by atoms with Crippen molar-refractivity contribution in [1.82, 2.24) is 0 Å². The number of hydrogen-bond donors (Lipinski definition) is 2. The fourth-order valence-electron chi connectivity index (χ4n) is 3.68. The Balaban J connectivity index is 1.50. The van der Waals surface area contributed by atoms with Gasteiger partial charge in [0.05, 0.1) is 25.5 Å². The molecule has 4 rings (SSSR count). The maximum atomic E-state index is 13.4. The van der Waals surface area contributed by atoms with Crippen LogP contribution in [-0.4, -0.2) is 32.0 Å². The Morgan fingerprint density at radius 2 is 1.39 bits per heavy atom. The van der Waals surface area contributed by atoms with Gasteiger partial charge in [-0.3, -0.25) is 9.59 Å². The molecule has 0 radical (unpaired) electrons. The fraction of sp³-hybridized carbons (Fsp3) is 0.100. The Bertz CT molecular complexity index is 1410. The zero-order valence-corrected chi connectivity index (χ0v) is 21.7. The first-order valence-electron chi connectivity index (χ1n) is 11.7. The molecule has 0 bridgehead atoms. The highest BCUT2D eigenvalue weighted by Gasteiger charge is 2.24. The number of anilines is 2. The third-order valence-corrected chi connectivity index (χ3v) is 6.92. The molecule has 8 heteroatoms. The number of amides is 2. The van der Waals surface area contributed by atoms with Crippen molar-refractivity contribution >= 4 is 40.9 Å². The van der Waals surface area contributed by atoms with Gasteiger partial charge in [0.15, 0.2) is 0 Å². The van der Waals surface area contributed by atoms with Crippen molar-refractivity contribution in [1.29, 1.82) is 0 Å². The summed E-state index contributed by atoms with van der Waals surface area (Å²) < 4.78 is 9.98. The molecule has 0 aliphatic carbocycles. The standard InChI is InChI=1S/C30H26N2O5S/c1-36-23-16-12-21(13-17-23)28(33)31-22-14-18-24(19-15-22)38-27(20-8-4-3-5-9-20)29(34)32-26-11-7-6-10-25(26)30(35)37-2/h3-19,27H,1-2H3,(H,31,33)(H,32,34). The molecule has 0 spiro atoms. The molecule has 0 fully saturated rings. The van der Waals surface area contributed by atoms with Crippen LogP contribution in [0.2, 0.25) is 0 Å². The second-order valence-electron chi connectivity index (χ2n) is 8.14. The molecule has 0 saturated carbocycles. The molecule has 2 N–H and O–H groups in total. The van der Waals surface area contributed by atoms with Gasteiger partial charge in [0.1, 0.15) is 11.0 Å². The summed E-state index contributed by atoms with van der Waals surface area (Å²) in [6.07, 6.45) is 0. The van der Waals surface area contributed by atoms with Crippen LogP contribution in [0.4, 0.5) is 11.4 Å². The number of rotatable bonds is 9. The first-order chi connectivity index (χ1) is 18.5. The second kappa shape index (κ2) is 12.6. The van der Waals surface area contributed by atoms with Crippen molar-refractivity contribution in [2.75, 3.05) is 24.9 Å². The molecule has 2 amide bonds. The van der Waals surface area contributed by atoms with E-state index in [1.165, 1.54) is 18.9 Å². The van der Waals surface area contributed by atoms with Crippen molar-refractivity contribution in [2.45, 2.75) is 10.1 Å². The lowest BCUT2D eigenvalue weighted by Gasteiger charge is -2.18. The number of esters is 1. The van der Waals surface area contributed by atoms with Gasteiger partial charge in [-0.1, -0.05) is 42.5 Å². The Hall–Kier alpha value is -4.56. The normalized spacial score (nSPS) is 11.2. The van der Waals surface area contributed by atoms with Crippen LogP contribution in [0.25, 0.3) is 0 Å². The molecular weight excluding hydrogens is 500 g/mol. The van der Waals surface area contributed by atoms with Gasteiger partial charge in [0, 0.05) is 16.1 Å². The van der Waals surface area contributed by atoms with E-state index >= 15 is 0 Å². The van der Waals surface area contributed by atoms with Crippen molar-refractivity contribution in [3.05, 3.63) is 120 Å². The minimum absolute atomic E-state index is 0.237. The average molecular weight is 527 g/mol. The minimum atomic E-state index is -0.596. The first kappa shape index (κ1) is 26.5. The predicted molar refractivity (Wildman–Crippen MR) is 149 cm³/mol. The summed E-state index contributed by atoms with van der Waals surface area (Å²) in [5, 5.41) is 5.16. The summed E-state index contributed by atoms with van der Waals surface area (Å²) in [5.74, 6) is -0.376. The van der Waals surface area contributed by atoms with E-state index in [4.69, 9.17) is 9.47 Å². The number of ether oxygens (including phenoxy) is 2. The number of hydrogen-bond acceptors (Lipinski definition) is 6. The monoisotopic (exact) mass is 526 g/mol. The molecular formula is C30H26N2O5S. The molecule has 1 unspecified atom stereocenters. The summed E-state index contributed by atoms with van der Waals surface area (Å²) in [7, 11) is 2.87. The van der Waals surface area contributed by atoms with Crippen LogP contribution in [0.1, 0.15) is 31.5 Å². The maximum Gasteiger partial charge on any atom is 0.339 e. The maximum absolute atomic E-state index is 13.4. The number of thioether (sulfide) groups is 1. The van der Waals surface area contributed by atoms with Gasteiger partial charge in [-0.15, -0.1) is 11.8 Å². The average Bonchev–Trinajstić information content (AvgIpc) is 2.97. The van der Waals surface area contributed by atoms with Crippen molar-refractivity contribution in [3.63, 3.8) is 0 Å². The summed E-state index contributed by atoms with van der Waals surface area (Å²) in [4.78, 5) is 39.0. The second-order valence-corrected chi connectivity index (χ2v) is 9.32. The summed E-state index contributed by atoms with van der Waals surface area (Å²) in [6, 6.07) is 30.2. The number of nitrogens with one attached hydrogen (secondary N) is 2. The molecule has 7 nitrogen and oxygen atoms in total. The van der Waals surface area contributed by atoms with Gasteiger partial charge < -0.3 is 20.1 Å². The Labute approximate surface area is 225 Å². The lowest BCUT2D eigenvalue weighted by molar-refractivity contribution is -0.115. The number of benzene rings is 4. The van der Waals surface area contributed by atoms with Crippen LogP contribution in [0.5, 0.6) is 5.75 Å². The molecule has 0 saturated heterocycles. The van der Waals surface area contributed by atoms with Crippen LogP contribution in [0.15, 0.2) is 108 Å². The third kappa shape index (κ3) is 6.60. The van der Waals surface area contributed by atoms with E-state index in [1.54, 1.807) is 67.8 Å². The van der Waals surface area contributed by atoms with E-state index in [1.807, 2.05) is 42.5 Å². The number of methoxy groups -OCH3 is 2. The quantitative estimate of drug-likeness (QED) is 0.199. The van der Waals surface area contributed by atoms with E-state index in [0.29, 0.717) is 22.7 Å². The molecule has 0 aliphatic heterocycles. The molecule has 4 aromatic carbocycles. The van der Waals surface area contributed by atoms with Crippen LogP contribution in [-0.2, 0) is 9.53 Å². The fourth-order valence-corrected chi connectivity index (χ4v) is 4.70. The highest BCUT2D eigenvalue weighted by Crippen LogP contribution is 2.37. The summed E-state index contributed by atoms with van der Waals surface area (Å²) in [5.41, 5.74) is 2.60. The Morgan fingerprint density at radius 1 is 0.737 bits per heavy atom. The van der Waals surface area contributed by atoms with E-state index < -0.39 is 11.2 Å². The molecule has 1 atom stereocenters. The highest BCUT2D eigenvalue weighted by molar-refractivity contribution is 8.00. The van der Waals surface area contributed by atoms with Crippen LogP contribution >= 0.6 is 11.8 Å². The zero-order chi connectivity index (χ0) is 26.9. The van der Waals surface area contributed by atoms with Gasteiger partial charge in [-0.05, 0) is 66.2 Å². The van der Waals surface area contributed by atoms with Crippen LogP contribution < -0.4 is 15.4 Å². The van der Waals surface area contributed by atoms with Crippen molar-refractivity contribution < 1.29 is 23.9 Å². The molecule has 192 valence electrons. The van der Waals surface area contributed by atoms with Crippen molar-refractivity contribution in [3.8, 4) is 5.75 Å². The lowest BCUT2D eigenvalue weighted by atomic mass is 10.1. The number of carbonyl (C=O) groups excluding carboxylic acids is 3. The predicted octanol–water partition coefficient (Wildman–Crippen LogP) is 6.21. The SMILES string of the molecule is COC(=O)c1ccccc1NC(=O)C(Sc1ccc(NC(=O)c2ccc(OC)cc2)cc1)c1ccccc1. The van der Waals surface area contributed by atoms with Gasteiger partial charge in [0.25, 0.3) is 5.91 Å². The third-order valence-electron chi connectivity index (χ3n) is 5.65. The number of para-hydroxylation sites is 1. The van der Waals surface area contributed by atoms with Crippen LogP contribution in [0, 0.1) is 0 Å². The molecule has 4 aromatic rings. The van der Waals surface area contributed by atoms with Gasteiger partial charge in [-0.25, -0.2) is 4.79 Å². The van der Waals surface area contributed by atoms with E-state index in [2.05, 4.69) is 10.6 Å². The van der Waals surface area contributed by atoms with Crippen molar-refractivity contribution in [2.24, 2.45) is 0 Å². The molecule has 0 aliphatic rings. The topological polar surface area (TPSA) is 93.7 Å². The number of carbonyl (C=O) groups is 3.